The average molecular weight is 573 g/mol. The number of urea groups is 2. The molecule has 4 amide bonds. The zero-order valence-corrected chi connectivity index (χ0v) is 23.1. The maximum absolute atomic E-state index is 13.3. The average Bonchev–Trinajstić information content (AvgIpc) is 2.98. The molecule has 10 heteroatoms. The van der Waals surface area contributed by atoms with Crippen molar-refractivity contribution in [1.82, 2.24) is 5.32 Å². The molecule has 0 aliphatic heterocycles. The quantitative estimate of drug-likeness (QED) is 0.175. The van der Waals surface area contributed by atoms with E-state index in [1.54, 1.807) is 79.7 Å². The number of esters is 1. The monoisotopic (exact) mass is 572 g/mol. The lowest BCUT2D eigenvalue weighted by atomic mass is 10.2. The van der Waals surface area contributed by atoms with Crippen molar-refractivity contribution in [3.8, 4) is 11.5 Å². The Labute approximate surface area is 243 Å². The number of nitrogens with zero attached hydrogens (tertiary/aromatic N) is 1. The van der Waals surface area contributed by atoms with Gasteiger partial charge in [0.2, 0.25) is 0 Å². The summed E-state index contributed by atoms with van der Waals surface area (Å²) in [6, 6.07) is 28.7. The number of hydrogen-bond donors (Lipinski definition) is 3. The third kappa shape index (κ3) is 8.74. The predicted molar refractivity (Wildman–Crippen MR) is 160 cm³/mol. The normalized spacial score (nSPS) is 10.3. The highest BCUT2D eigenvalue weighted by molar-refractivity contribution is 6.30. The van der Waals surface area contributed by atoms with E-state index < -0.39 is 12.0 Å². The Morgan fingerprint density at radius 3 is 2.02 bits per heavy atom. The SMILES string of the molecule is CCOC(=O)c1ccc(NC(=O)NCCN(C(=O)Nc2ccc(Cl)cc2)c2ccc(Oc3ccccc3)cc2)cc1. The van der Waals surface area contributed by atoms with E-state index >= 15 is 0 Å². The first-order chi connectivity index (χ1) is 19.9. The summed E-state index contributed by atoms with van der Waals surface area (Å²) in [4.78, 5) is 39.1. The first kappa shape index (κ1) is 29.0. The topological polar surface area (TPSA) is 109 Å². The van der Waals surface area contributed by atoms with E-state index in [0.717, 1.165) is 0 Å². The molecule has 3 N–H and O–H groups in total. The second-order valence-electron chi connectivity index (χ2n) is 8.68. The number of benzene rings is 4. The van der Waals surface area contributed by atoms with Crippen molar-refractivity contribution in [2.75, 3.05) is 35.2 Å². The summed E-state index contributed by atoms with van der Waals surface area (Å²) in [5, 5.41) is 8.87. The molecule has 4 aromatic carbocycles. The van der Waals surface area contributed by atoms with Crippen molar-refractivity contribution in [3.63, 3.8) is 0 Å². The number of carbonyl (C=O) groups is 3. The molecule has 0 heterocycles. The molecule has 210 valence electrons. The Hall–Kier alpha value is -5.02. The van der Waals surface area contributed by atoms with Crippen LogP contribution < -0.4 is 25.6 Å². The Morgan fingerprint density at radius 2 is 1.37 bits per heavy atom. The summed E-state index contributed by atoms with van der Waals surface area (Å²) in [7, 11) is 0. The molecule has 9 nitrogen and oxygen atoms in total. The standard InChI is InChI=1S/C31H29ClN4O5/c1-2-40-29(37)22-8-12-24(13-9-22)34-30(38)33-20-21-36(31(39)35-25-14-10-23(32)11-15-25)26-16-18-28(19-17-26)41-27-6-4-3-5-7-27/h3-19H,2,20-21H2,1H3,(H,35,39)(H2,33,34,38). The fourth-order valence-corrected chi connectivity index (χ4v) is 3.88. The summed E-state index contributed by atoms with van der Waals surface area (Å²) in [6.45, 7) is 2.34. The molecule has 4 aromatic rings. The van der Waals surface area contributed by atoms with E-state index in [4.69, 9.17) is 21.1 Å². The summed E-state index contributed by atoms with van der Waals surface area (Å²) in [6.07, 6.45) is 0. The van der Waals surface area contributed by atoms with Gasteiger partial charge in [-0.1, -0.05) is 29.8 Å². The number of nitrogens with one attached hydrogen (secondary N) is 3. The lowest BCUT2D eigenvalue weighted by molar-refractivity contribution is 0.0526. The van der Waals surface area contributed by atoms with Crippen molar-refractivity contribution in [2.24, 2.45) is 0 Å². The maximum atomic E-state index is 13.3. The minimum absolute atomic E-state index is 0.156. The molecule has 0 aromatic heterocycles. The van der Waals surface area contributed by atoms with Gasteiger partial charge in [0, 0.05) is 35.2 Å². The number of para-hydroxylation sites is 1. The summed E-state index contributed by atoms with van der Waals surface area (Å²) < 4.78 is 10.8. The van der Waals surface area contributed by atoms with E-state index in [9.17, 15) is 14.4 Å². The van der Waals surface area contributed by atoms with E-state index in [1.165, 1.54) is 4.90 Å². The predicted octanol–water partition coefficient (Wildman–Crippen LogP) is 7.17. The fourth-order valence-electron chi connectivity index (χ4n) is 3.75. The third-order valence-corrected chi connectivity index (χ3v) is 5.99. The summed E-state index contributed by atoms with van der Waals surface area (Å²) in [5.74, 6) is 0.882. The van der Waals surface area contributed by atoms with Crippen LogP contribution in [-0.2, 0) is 4.74 Å². The van der Waals surface area contributed by atoms with Crippen LogP contribution >= 0.6 is 11.6 Å². The molecule has 0 bridgehead atoms. The van der Waals surface area contributed by atoms with Gasteiger partial charge in [0.25, 0.3) is 0 Å². The Balaban J connectivity index is 1.39. The number of ether oxygens (including phenoxy) is 2. The Morgan fingerprint density at radius 1 is 0.756 bits per heavy atom. The molecule has 41 heavy (non-hydrogen) atoms. The van der Waals surface area contributed by atoms with Crippen LogP contribution in [0.1, 0.15) is 17.3 Å². The summed E-state index contributed by atoms with van der Waals surface area (Å²) >= 11 is 5.97. The van der Waals surface area contributed by atoms with Crippen molar-refractivity contribution in [1.29, 1.82) is 0 Å². The number of carbonyl (C=O) groups excluding carboxylic acids is 3. The lowest BCUT2D eigenvalue weighted by Gasteiger charge is -2.24. The van der Waals surface area contributed by atoms with Crippen molar-refractivity contribution in [3.05, 3.63) is 114 Å². The molecule has 0 radical (unpaired) electrons. The van der Waals surface area contributed by atoms with Crippen LogP contribution in [0.4, 0.5) is 26.7 Å². The Bertz CT molecular complexity index is 1450. The molecule has 4 rings (SSSR count). The first-order valence-corrected chi connectivity index (χ1v) is 13.3. The molecule has 0 aliphatic rings. The van der Waals surface area contributed by atoms with Crippen molar-refractivity contribution < 1.29 is 23.9 Å². The van der Waals surface area contributed by atoms with E-state index in [1.807, 2.05) is 30.3 Å². The molecule has 0 fully saturated rings. The molecule has 0 saturated carbocycles. The van der Waals surface area contributed by atoms with E-state index in [0.29, 0.717) is 39.1 Å². The molecular weight excluding hydrogens is 544 g/mol. The molecule has 0 saturated heterocycles. The maximum Gasteiger partial charge on any atom is 0.338 e. The summed E-state index contributed by atoms with van der Waals surface area (Å²) in [5.41, 5.74) is 2.07. The highest BCUT2D eigenvalue weighted by Gasteiger charge is 2.17. The molecule has 0 spiro atoms. The second-order valence-corrected chi connectivity index (χ2v) is 9.11. The van der Waals surface area contributed by atoms with Gasteiger partial charge in [-0.2, -0.15) is 0 Å². The third-order valence-electron chi connectivity index (χ3n) is 5.74. The van der Waals surface area contributed by atoms with Gasteiger partial charge in [-0.05, 0) is 91.9 Å². The highest BCUT2D eigenvalue weighted by Crippen LogP contribution is 2.25. The zero-order chi connectivity index (χ0) is 29.0. The van der Waals surface area contributed by atoms with Gasteiger partial charge in [-0.3, -0.25) is 4.90 Å². The van der Waals surface area contributed by atoms with Gasteiger partial charge in [-0.15, -0.1) is 0 Å². The minimum atomic E-state index is -0.460. The van der Waals surface area contributed by atoms with Crippen LogP contribution in [0.3, 0.4) is 0 Å². The van der Waals surface area contributed by atoms with Gasteiger partial charge in [0.15, 0.2) is 0 Å². The highest BCUT2D eigenvalue weighted by atomic mass is 35.5. The van der Waals surface area contributed by atoms with Gasteiger partial charge in [0.05, 0.1) is 12.2 Å². The molecular formula is C31H29ClN4O5. The number of halogens is 1. The first-order valence-electron chi connectivity index (χ1n) is 12.9. The number of hydrogen-bond acceptors (Lipinski definition) is 5. The molecule has 0 atom stereocenters. The van der Waals surface area contributed by atoms with E-state index in [2.05, 4.69) is 16.0 Å². The zero-order valence-electron chi connectivity index (χ0n) is 22.3. The Kier molecular flexibility index (Phi) is 10.2. The lowest BCUT2D eigenvalue weighted by Crippen LogP contribution is -2.42. The molecule has 0 aliphatic carbocycles. The van der Waals surface area contributed by atoms with Crippen LogP contribution in [0.2, 0.25) is 5.02 Å². The molecule has 0 unspecified atom stereocenters. The van der Waals surface area contributed by atoms with Gasteiger partial charge in [-0.25, -0.2) is 14.4 Å². The van der Waals surface area contributed by atoms with Crippen molar-refractivity contribution >= 4 is 46.7 Å². The largest absolute Gasteiger partial charge is 0.462 e. The second kappa shape index (κ2) is 14.4. The van der Waals surface area contributed by atoms with Crippen molar-refractivity contribution in [2.45, 2.75) is 6.92 Å². The number of rotatable bonds is 10. The number of anilines is 3. The van der Waals surface area contributed by atoms with Crippen LogP contribution in [0.25, 0.3) is 0 Å². The fraction of sp³-hybridized carbons (Fsp3) is 0.129. The van der Waals surface area contributed by atoms with Crippen LogP contribution in [0.15, 0.2) is 103 Å². The van der Waals surface area contributed by atoms with Crippen LogP contribution in [-0.4, -0.2) is 37.7 Å². The van der Waals surface area contributed by atoms with Gasteiger partial charge >= 0.3 is 18.0 Å². The van der Waals surface area contributed by atoms with Crippen LogP contribution in [0.5, 0.6) is 11.5 Å². The van der Waals surface area contributed by atoms with Gasteiger partial charge in [0.1, 0.15) is 11.5 Å². The minimum Gasteiger partial charge on any atom is -0.462 e. The van der Waals surface area contributed by atoms with E-state index in [-0.39, 0.29) is 25.7 Å². The van der Waals surface area contributed by atoms with Gasteiger partial charge < -0.3 is 25.4 Å². The smallest absolute Gasteiger partial charge is 0.338 e. The number of amides is 4. The van der Waals surface area contributed by atoms with Crippen LogP contribution in [0, 0.1) is 0 Å².